The molecule has 4 rings (SSSR count). The van der Waals surface area contributed by atoms with Crippen LogP contribution in [0.5, 0.6) is 0 Å². The Labute approximate surface area is 151 Å². The van der Waals surface area contributed by atoms with Crippen molar-refractivity contribution in [2.24, 2.45) is 0 Å². The summed E-state index contributed by atoms with van der Waals surface area (Å²) in [4.78, 5) is 12.6. The van der Waals surface area contributed by atoms with Crippen LogP contribution < -0.4 is 5.32 Å². The number of aromatic nitrogens is 4. The number of aromatic amines is 1. The fraction of sp³-hybridized carbons (Fsp3) is 0. The standard InChI is InChI=1S/C18H12FN5OS/c19-13-8-6-11(7-9-13)15-14(10-20-22-15)16(25)21-18-24-23-17(26-18)12-4-2-1-3-5-12/h1-10H,(H,20,22)(H,21,24,25). The molecule has 0 aliphatic carbocycles. The molecular weight excluding hydrogens is 353 g/mol. The molecule has 0 saturated heterocycles. The lowest BCUT2D eigenvalue weighted by molar-refractivity contribution is 0.102. The first-order chi connectivity index (χ1) is 12.7. The second-order valence-corrected chi connectivity index (χ2v) is 6.38. The molecule has 0 spiro atoms. The smallest absolute Gasteiger partial charge is 0.261 e. The van der Waals surface area contributed by atoms with Gasteiger partial charge in [-0.2, -0.15) is 5.10 Å². The summed E-state index contributed by atoms with van der Waals surface area (Å²) >= 11 is 1.28. The molecule has 2 aromatic heterocycles. The second-order valence-electron chi connectivity index (χ2n) is 5.40. The monoisotopic (exact) mass is 365 g/mol. The average Bonchev–Trinajstić information content (AvgIpc) is 3.33. The molecule has 8 heteroatoms. The molecule has 2 N–H and O–H groups in total. The third-order valence-electron chi connectivity index (χ3n) is 3.68. The molecule has 0 fully saturated rings. The van der Waals surface area contributed by atoms with Gasteiger partial charge in [0.05, 0.1) is 17.5 Å². The summed E-state index contributed by atoms with van der Waals surface area (Å²) in [6.07, 6.45) is 1.42. The Kier molecular flexibility index (Phi) is 4.24. The minimum absolute atomic E-state index is 0.341. The zero-order chi connectivity index (χ0) is 17.9. The molecule has 2 heterocycles. The van der Waals surface area contributed by atoms with Crippen molar-refractivity contribution < 1.29 is 9.18 Å². The van der Waals surface area contributed by atoms with Crippen LogP contribution in [-0.2, 0) is 0 Å². The SMILES string of the molecule is O=C(Nc1nnc(-c2ccccc2)s1)c1cn[nH]c1-c1ccc(F)cc1. The number of rotatable bonds is 4. The fourth-order valence-electron chi connectivity index (χ4n) is 2.43. The number of hydrogen-bond donors (Lipinski definition) is 2. The summed E-state index contributed by atoms with van der Waals surface area (Å²) in [5.41, 5.74) is 2.44. The van der Waals surface area contributed by atoms with E-state index in [1.807, 2.05) is 30.3 Å². The van der Waals surface area contributed by atoms with Crippen molar-refractivity contribution in [3.63, 3.8) is 0 Å². The van der Waals surface area contributed by atoms with Crippen molar-refractivity contribution in [2.75, 3.05) is 5.32 Å². The lowest BCUT2D eigenvalue weighted by atomic mass is 10.1. The number of halogens is 1. The Hall–Kier alpha value is -3.39. The van der Waals surface area contributed by atoms with Gasteiger partial charge in [0.1, 0.15) is 10.8 Å². The molecule has 2 aromatic carbocycles. The number of carbonyl (C=O) groups is 1. The van der Waals surface area contributed by atoms with Gasteiger partial charge in [-0.1, -0.05) is 41.7 Å². The lowest BCUT2D eigenvalue weighted by Crippen LogP contribution is -2.12. The number of hydrogen-bond acceptors (Lipinski definition) is 5. The van der Waals surface area contributed by atoms with Crippen LogP contribution in [0.4, 0.5) is 9.52 Å². The van der Waals surface area contributed by atoms with E-state index in [2.05, 4.69) is 25.7 Å². The quantitative estimate of drug-likeness (QED) is 0.573. The molecule has 4 aromatic rings. The first-order valence-corrected chi connectivity index (χ1v) is 8.52. The van der Waals surface area contributed by atoms with Gasteiger partial charge in [0.15, 0.2) is 0 Å². The number of H-pyrrole nitrogens is 1. The Bertz CT molecular complexity index is 1040. The molecule has 1 amide bonds. The van der Waals surface area contributed by atoms with Gasteiger partial charge in [-0.3, -0.25) is 15.2 Å². The highest BCUT2D eigenvalue weighted by molar-refractivity contribution is 7.18. The van der Waals surface area contributed by atoms with Crippen LogP contribution in [0.1, 0.15) is 10.4 Å². The Morgan fingerprint density at radius 3 is 2.54 bits per heavy atom. The minimum atomic E-state index is -0.367. The van der Waals surface area contributed by atoms with Gasteiger partial charge >= 0.3 is 0 Å². The van der Waals surface area contributed by atoms with E-state index in [1.54, 1.807) is 12.1 Å². The van der Waals surface area contributed by atoms with E-state index in [-0.39, 0.29) is 11.7 Å². The average molecular weight is 365 g/mol. The number of amides is 1. The first-order valence-electron chi connectivity index (χ1n) is 7.70. The molecule has 0 atom stereocenters. The van der Waals surface area contributed by atoms with Crippen molar-refractivity contribution in [3.8, 4) is 21.8 Å². The van der Waals surface area contributed by atoms with E-state index in [0.717, 1.165) is 5.56 Å². The molecule has 26 heavy (non-hydrogen) atoms. The second kappa shape index (κ2) is 6.85. The van der Waals surface area contributed by atoms with E-state index in [4.69, 9.17) is 0 Å². The van der Waals surface area contributed by atoms with Crippen molar-refractivity contribution in [3.05, 3.63) is 72.2 Å². The number of benzene rings is 2. The van der Waals surface area contributed by atoms with E-state index in [9.17, 15) is 9.18 Å². The predicted molar refractivity (Wildman–Crippen MR) is 97.3 cm³/mol. The number of anilines is 1. The van der Waals surface area contributed by atoms with Crippen molar-refractivity contribution in [2.45, 2.75) is 0 Å². The van der Waals surface area contributed by atoms with Gasteiger partial charge in [-0.05, 0) is 24.3 Å². The van der Waals surface area contributed by atoms with Gasteiger partial charge in [0, 0.05) is 11.1 Å². The number of nitrogens with one attached hydrogen (secondary N) is 2. The van der Waals surface area contributed by atoms with Crippen molar-refractivity contribution >= 4 is 22.4 Å². The molecule has 0 radical (unpaired) electrons. The summed E-state index contributed by atoms with van der Waals surface area (Å²) in [5, 5.41) is 18.6. The lowest BCUT2D eigenvalue weighted by Gasteiger charge is -2.03. The molecular formula is C18H12FN5OS. The van der Waals surface area contributed by atoms with Crippen LogP contribution >= 0.6 is 11.3 Å². The normalized spacial score (nSPS) is 10.7. The van der Waals surface area contributed by atoms with Crippen LogP contribution in [0.15, 0.2) is 60.8 Å². The zero-order valence-electron chi connectivity index (χ0n) is 13.3. The highest BCUT2D eigenvalue weighted by atomic mass is 32.1. The molecule has 0 saturated carbocycles. The third kappa shape index (κ3) is 3.22. The molecule has 0 unspecified atom stereocenters. The largest absolute Gasteiger partial charge is 0.296 e. The van der Waals surface area contributed by atoms with Gasteiger partial charge in [0.2, 0.25) is 5.13 Å². The first kappa shape index (κ1) is 16.1. The summed E-state index contributed by atoms with van der Waals surface area (Å²) in [6.45, 7) is 0. The van der Waals surface area contributed by atoms with E-state index >= 15 is 0 Å². The third-order valence-corrected chi connectivity index (χ3v) is 4.57. The topological polar surface area (TPSA) is 83.6 Å². The summed E-state index contributed by atoms with van der Waals surface area (Å²) in [6, 6.07) is 15.4. The van der Waals surface area contributed by atoms with E-state index in [0.29, 0.717) is 27.0 Å². The Balaban J connectivity index is 1.56. The molecule has 0 aliphatic rings. The van der Waals surface area contributed by atoms with Crippen molar-refractivity contribution in [1.82, 2.24) is 20.4 Å². The molecule has 6 nitrogen and oxygen atoms in total. The number of nitrogens with zero attached hydrogens (tertiary/aromatic N) is 3. The number of carbonyl (C=O) groups excluding carboxylic acids is 1. The van der Waals surface area contributed by atoms with E-state index < -0.39 is 0 Å². The summed E-state index contributed by atoms with van der Waals surface area (Å²) in [7, 11) is 0. The van der Waals surface area contributed by atoms with E-state index in [1.165, 1.54) is 29.7 Å². The van der Waals surface area contributed by atoms with Crippen LogP contribution in [-0.4, -0.2) is 26.3 Å². The highest BCUT2D eigenvalue weighted by Crippen LogP contribution is 2.27. The molecule has 0 aliphatic heterocycles. The maximum absolute atomic E-state index is 13.1. The van der Waals surface area contributed by atoms with Crippen LogP contribution in [0.25, 0.3) is 21.8 Å². The highest BCUT2D eigenvalue weighted by Gasteiger charge is 2.17. The summed E-state index contributed by atoms with van der Waals surface area (Å²) in [5.74, 6) is -0.713. The Morgan fingerprint density at radius 2 is 1.77 bits per heavy atom. The molecule has 128 valence electrons. The van der Waals surface area contributed by atoms with Gasteiger partial charge in [0.25, 0.3) is 5.91 Å². The van der Waals surface area contributed by atoms with Gasteiger partial charge < -0.3 is 0 Å². The summed E-state index contributed by atoms with van der Waals surface area (Å²) < 4.78 is 13.1. The van der Waals surface area contributed by atoms with Crippen LogP contribution in [0.2, 0.25) is 0 Å². The maximum Gasteiger partial charge on any atom is 0.261 e. The maximum atomic E-state index is 13.1. The fourth-order valence-corrected chi connectivity index (χ4v) is 3.17. The zero-order valence-corrected chi connectivity index (χ0v) is 14.1. The van der Waals surface area contributed by atoms with Crippen LogP contribution in [0.3, 0.4) is 0 Å². The predicted octanol–water partition coefficient (Wildman–Crippen LogP) is 3.99. The minimum Gasteiger partial charge on any atom is -0.296 e. The Morgan fingerprint density at radius 1 is 1.00 bits per heavy atom. The molecule has 0 bridgehead atoms. The van der Waals surface area contributed by atoms with Crippen LogP contribution in [0, 0.1) is 5.82 Å². The van der Waals surface area contributed by atoms with Gasteiger partial charge in [-0.15, -0.1) is 10.2 Å². The van der Waals surface area contributed by atoms with Gasteiger partial charge in [-0.25, -0.2) is 4.39 Å². The van der Waals surface area contributed by atoms with Crippen molar-refractivity contribution in [1.29, 1.82) is 0 Å².